The molecule has 0 aromatic carbocycles. The van der Waals surface area contributed by atoms with Crippen LogP contribution in [0.15, 0.2) is 0 Å². The summed E-state index contributed by atoms with van der Waals surface area (Å²) < 4.78 is 0. The van der Waals surface area contributed by atoms with Crippen LogP contribution in [0.25, 0.3) is 0 Å². The van der Waals surface area contributed by atoms with Crippen LogP contribution in [0.3, 0.4) is 0 Å². The van der Waals surface area contributed by atoms with Crippen molar-refractivity contribution in [3.8, 4) is 0 Å². The van der Waals surface area contributed by atoms with Crippen LogP contribution in [0.4, 0.5) is 0 Å². The standard InChI is InChI=1S/C10H24N2/c1-5-8-12(7-3)9(4)10(11)6-2/h9-10H,5-8,11H2,1-4H3. The third kappa shape index (κ3) is 3.55. The average Bonchev–Trinajstić information content (AvgIpc) is 2.11. The maximum atomic E-state index is 5.98. The summed E-state index contributed by atoms with van der Waals surface area (Å²) >= 11 is 0. The fourth-order valence-corrected chi connectivity index (χ4v) is 1.55. The molecular weight excluding hydrogens is 148 g/mol. The van der Waals surface area contributed by atoms with Gasteiger partial charge in [-0.05, 0) is 32.9 Å². The van der Waals surface area contributed by atoms with Gasteiger partial charge in [-0.15, -0.1) is 0 Å². The van der Waals surface area contributed by atoms with Gasteiger partial charge in [-0.1, -0.05) is 20.8 Å². The zero-order chi connectivity index (χ0) is 9.56. The first-order valence-electron chi connectivity index (χ1n) is 5.16. The molecule has 0 radical (unpaired) electrons. The molecule has 0 spiro atoms. The van der Waals surface area contributed by atoms with E-state index in [1.165, 1.54) is 13.0 Å². The van der Waals surface area contributed by atoms with Gasteiger partial charge in [0.25, 0.3) is 0 Å². The quantitative estimate of drug-likeness (QED) is 0.662. The second-order valence-electron chi connectivity index (χ2n) is 3.44. The van der Waals surface area contributed by atoms with Crippen LogP contribution in [0.1, 0.15) is 40.5 Å². The highest BCUT2D eigenvalue weighted by Crippen LogP contribution is 2.05. The maximum Gasteiger partial charge on any atom is 0.0218 e. The number of nitrogens with two attached hydrogens (primary N) is 1. The van der Waals surface area contributed by atoms with Gasteiger partial charge in [-0.3, -0.25) is 4.90 Å². The predicted octanol–water partition coefficient (Wildman–Crippen LogP) is 1.84. The summed E-state index contributed by atoms with van der Waals surface area (Å²) in [5, 5.41) is 0. The summed E-state index contributed by atoms with van der Waals surface area (Å²) in [5.41, 5.74) is 5.98. The summed E-state index contributed by atoms with van der Waals surface area (Å²) in [4.78, 5) is 2.45. The average molecular weight is 172 g/mol. The summed E-state index contributed by atoms with van der Waals surface area (Å²) in [6.07, 6.45) is 2.29. The van der Waals surface area contributed by atoms with Crippen LogP contribution < -0.4 is 5.73 Å². The normalized spacial score (nSPS) is 16.5. The number of likely N-dealkylation sites (N-methyl/N-ethyl adjacent to an activating group) is 1. The molecule has 74 valence electrons. The van der Waals surface area contributed by atoms with Crippen molar-refractivity contribution in [2.75, 3.05) is 13.1 Å². The molecule has 2 nitrogen and oxygen atoms in total. The van der Waals surface area contributed by atoms with Gasteiger partial charge in [0, 0.05) is 12.1 Å². The molecule has 12 heavy (non-hydrogen) atoms. The molecular formula is C10H24N2. The Kier molecular flexibility index (Phi) is 6.39. The minimum atomic E-state index is 0.330. The number of rotatable bonds is 6. The van der Waals surface area contributed by atoms with Gasteiger partial charge in [-0.2, -0.15) is 0 Å². The van der Waals surface area contributed by atoms with Gasteiger partial charge in [0.05, 0.1) is 0 Å². The molecule has 0 aromatic rings. The number of hydrogen-bond acceptors (Lipinski definition) is 2. The van der Waals surface area contributed by atoms with Gasteiger partial charge >= 0.3 is 0 Å². The van der Waals surface area contributed by atoms with Crippen molar-refractivity contribution in [3.63, 3.8) is 0 Å². The molecule has 0 aliphatic rings. The summed E-state index contributed by atoms with van der Waals surface area (Å²) in [5.74, 6) is 0. The van der Waals surface area contributed by atoms with E-state index in [1.807, 2.05) is 0 Å². The Bertz CT molecular complexity index is 104. The van der Waals surface area contributed by atoms with Crippen molar-refractivity contribution < 1.29 is 0 Å². The largest absolute Gasteiger partial charge is 0.326 e. The third-order valence-corrected chi connectivity index (χ3v) is 2.58. The molecule has 2 atom stereocenters. The Balaban J connectivity index is 3.91. The smallest absolute Gasteiger partial charge is 0.0218 e. The highest BCUT2D eigenvalue weighted by Gasteiger charge is 2.16. The van der Waals surface area contributed by atoms with E-state index in [4.69, 9.17) is 5.73 Å². The van der Waals surface area contributed by atoms with Crippen LogP contribution in [0.5, 0.6) is 0 Å². The first-order valence-corrected chi connectivity index (χ1v) is 5.16. The van der Waals surface area contributed by atoms with E-state index < -0.39 is 0 Å². The Morgan fingerprint density at radius 2 is 1.83 bits per heavy atom. The van der Waals surface area contributed by atoms with Crippen LogP contribution in [-0.2, 0) is 0 Å². The van der Waals surface area contributed by atoms with Crippen molar-refractivity contribution >= 4 is 0 Å². The molecule has 0 aliphatic heterocycles. The lowest BCUT2D eigenvalue weighted by Gasteiger charge is -2.31. The lowest BCUT2D eigenvalue weighted by atomic mass is 10.1. The van der Waals surface area contributed by atoms with E-state index in [1.54, 1.807) is 0 Å². The van der Waals surface area contributed by atoms with Crippen LogP contribution in [-0.4, -0.2) is 30.1 Å². The molecule has 0 rings (SSSR count). The molecule has 2 N–H and O–H groups in total. The lowest BCUT2D eigenvalue weighted by molar-refractivity contribution is 0.191. The van der Waals surface area contributed by atoms with Crippen molar-refractivity contribution in [1.29, 1.82) is 0 Å². The molecule has 0 saturated carbocycles. The first-order chi connectivity index (χ1) is 5.67. The van der Waals surface area contributed by atoms with Crippen molar-refractivity contribution in [3.05, 3.63) is 0 Å². The van der Waals surface area contributed by atoms with Crippen LogP contribution >= 0.6 is 0 Å². The molecule has 0 fully saturated rings. The molecule has 2 heteroatoms. The monoisotopic (exact) mass is 172 g/mol. The summed E-state index contributed by atoms with van der Waals surface area (Å²) in [7, 11) is 0. The second-order valence-corrected chi connectivity index (χ2v) is 3.44. The molecule has 0 bridgehead atoms. The van der Waals surface area contributed by atoms with Gasteiger partial charge in [0.1, 0.15) is 0 Å². The number of hydrogen-bond donors (Lipinski definition) is 1. The minimum Gasteiger partial charge on any atom is -0.326 e. The van der Waals surface area contributed by atoms with E-state index in [2.05, 4.69) is 32.6 Å². The third-order valence-electron chi connectivity index (χ3n) is 2.58. The van der Waals surface area contributed by atoms with Crippen LogP contribution in [0.2, 0.25) is 0 Å². The Morgan fingerprint density at radius 1 is 1.25 bits per heavy atom. The van der Waals surface area contributed by atoms with Gasteiger partial charge < -0.3 is 5.73 Å². The molecule has 0 aromatic heterocycles. The summed E-state index contributed by atoms with van der Waals surface area (Å²) in [6.45, 7) is 11.1. The van der Waals surface area contributed by atoms with E-state index in [9.17, 15) is 0 Å². The fourth-order valence-electron chi connectivity index (χ4n) is 1.55. The zero-order valence-electron chi connectivity index (χ0n) is 9.01. The first kappa shape index (κ1) is 11.9. The molecule has 0 aliphatic carbocycles. The second kappa shape index (κ2) is 6.44. The zero-order valence-corrected chi connectivity index (χ0v) is 9.01. The van der Waals surface area contributed by atoms with Crippen molar-refractivity contribution in [2.45, 2.75) is 52.6 Å². The highest BCUT2D eigenvalue weighted by atomic mass is 15.2. The molecule has 0 amide bonds. The summed E-state index contributed by atoms with van der Waals surface area (Å²) in [6, 6.07) is 0.858. The minimum absolute atomic E-state index is 0.330. The Labute approximate surface area is 77.1 Å². The molecule has 0 heterocycles. The van der Waals surface area contributed by atoms with Gasteiger partial charge in [-0.25, -0.2) is 0 Å². The van der Waals surface area contributed by atoms with Gasteiger partial charge in [0.15, 0.2) is 0 Å². The highest BCUT2D eigenvalue weighted by molar-refractivity contribution is 4.76. The van der Waals surface area contributed by atoms with E-state index >= 15 is 0 Å². The topological polar surface area (TPSA) is 29.3 Å². The van der Waals surface area contributed by atoms with E-state index in [0.29, 0.717) is 12.1 Å². The Hall–Kier alpha value is -0.0800. The molecule has 0 saturated heterocycles. The van der Waals surface area contributed by atoms with Gasteiger partial charge in [0.2, 0.25) is 0 Å². The predicted molar refractivity (Wildman–Crippen MR) is 55.3 cm³/mol. The lowest BCUT2D eigenvalue weighted by Crippen LogP contribution is -2.45. The van der Waals surface area contributed by atoms with Crippen molar-refractivity contribution in [2.24, 2.45) is 5.73 Å². The molecule has 2 unspecified atom stereocenters. The fraction of sp³-hybridized carbons (Fsp3) is 1.00. The van der Waals surface area contributed by atoms with Crippen LogP contribution in [0, 0.1) is 0 Å². The van der Waals surface area contributed by atoms with Crippen molar-refractivity contribution in [1.82, 2.24) is 4.90 Å². The number of nitrogens with zero attached hydrogens (tertiary/aromatic N) is 1. The maximum absolute atomic E-state index is 5.98. The van der Waals surface area contributed by atoms with E-state index in [0.717, 1.165) is 13.0 Å². The Morgan fingerprint density at radius 3 is 2.17 bits per heavy atom. The van der Waals surface area contributed by atoms with E-state index in [-0.39, 0.29) is 0 Å². The SMILES string of the molecule is CCCN(CC)C(C)C(N)CC.